The Balaban J connectivity index is 1.54. The first kappa shape index (κ1) is 14.3. The summed E-state index contributed by atoms with van der Waals surface area (Å²) in [5.41, 5.74) is 0.270. The summed E-state index contributed by atoms with van der Waals surface area (Å²) in [5.74, 6) is 0.868. The van der Waals surface area contributed by atoms with E-state index in [0.29, 0.717) is 22.6 Å². The number of aromatic nitrogens is 2. The minimum Gasteiger partial charge on any atom is -0.454 e. The van der Waals surface area contributed by atoms with Crippen molar-refractivity contribution in [3.63, 3.8) is 0 Å². The number of carbonyl (C=O) groups excluding carboxylic acids is 1. The zero-order valence-corrected chi connectivity index (χ0v) is 12.6. The topological polar surface area (TPSA) is 82.5 Å². The summed E-state index contributed by atoms with van der Waals surface area (Å²) in [7, 11) is 0. The molecule has 2 heterocycles. The third kappa shape index (κ3) is 2.56. The fourth-order valence-electron chi connectivity index (χ4n) is 2.55. The van der Waals surface area contributed by atoms with Crippen LogP contribution in [0.3, 0.4) is 0 Å². The largest absolute Gasteiger partial charge is 0.454 e. The highest BCUT2D eigenvalue weighted by Gasteiger charge is 2.14. The van der Waals surface area contributed by atoms with E-state index in [9.17, 15) is 9.59 Å². The predicted octanol–water partition coefficient (Wildman–Crippen LogP) is 1.76. The van der Waals surface area contributed by atoms with Crippen molar-refractivity contribution in [2.45, 2.75) is 6.54 Å². The lowest BCUT2D eigenvalue weighted by atomic mass is 10.2. The smallest absolute Gasteiger partial charge is 0.275 e. The number of anilines is 1. The van der Waals surface area contributed by atoms with Crippen LogP contribution in [0.15, 0.2) is 53.5 Å². The second kappa shape index (κ2) is 5.69. The third-order valence-electron chi connectivity index (χ3n) is 3.71. The third-order valence-corrected chi connectivity index (χ3v) is 3.71. The van der Waals surface area contributed by atoms with E-state index in [1.54, 1.807) is 42.6 Å². The van der Waals surface area contributed by atoms with E-state index in [1.165, 1.54) is 0 Å². The van der Waals surface area contributed by atoms with E-state index < -0.39 is 0 Å². The molecular weight excluding hydrogens is 310 g/mol. The lowest BCUT2D eigenvalue weighted by molar-refractivity contribution is -0.117. The summed E-state index contributed by atoms with van der Waals surface area (Å²) in [6, 6.07) is 12.2. The SMILES string of the molecule is O=C(Cn1ncc2ccccc2c1=O)Nc1ccc2c(c1)OCO2. The molecule has 0 aliphatic carbocycles. The Morgan fingerprint density at radius 3 is 2.92 bits per heavy atom. The second-order valence-corrected chi connectivity index (χ2v) is 5.31. The number of benzene rings is 2. The Bertz CT molecular complexity index is 997. The number of amides is 1. The van der Waals surface area contributed by atoms with Crippen LogP contribution in [-0.2, 0) is 11.3 Å². The van der Waals surface area contributed by atoms with E-state index in [0.717, 1.165) is 10.1 Å². The maximum atomic E-state index is 12.4. The number of ether oxygens (including phenoxy) is 2. The van der Waals surface area contributed by atoms with E-state index >= 15 is 0 Å². The van der Waals surface area contributed by atoms with Gasteiger partial charge in [0.25, 0.3) is 5.56 Å². The van der Waals surface area contributed by atoms with Crippen LogP contribution < -0.4 is 20.3 Å². The molecule has 0 spiro atoms. The van der Waals surface area contributed by atoms with Gasteiger partial charge in [0, 0.05) is 17.1 Å². The molecule has 0 saturated carbocycles. The molecule has 2 aromatic carbocycles. The number of hydrogen-bond donors (Lipinski definition) is 1. The fraction of sp³-hybridized carbons (Fsp3) is 0.118. The summed E-state index contributed by atoms with van der Waals surface area (Å²) in [6.45, 7) is 0.00124. The number of nitrogens with zero attached hydrogens (tertiary/aromatic N) is 2. The molecule has 1 aliphatic heterocycles. The highest BCUT2D eigenvalue weighted by Crippen LogP contribution is 2.34. The molecule has 1 aliphatic rings. The minimum absolute atomic E-state index is 0.169. The molecule has 4 rings (SSSR count). The van der Waals surface area contributed by atoms with Crippen LogP contribution in [0.4, 0.5) is 5.69 Å². The number of rotatable bonds is 3. The molecule has 24 heavy (non-hydrogen) atoms. The molecule has 1 aromatic heterocycles. The van der Waals surface area contributed by atoms with Crippen LogP contribution in [0.2, 0.25) is 0 Å². The maximum absolute atomic E-state index is 12.4. The Morgan fingerprint density at radius 2 is 2.00 bits per heavy atom. The number of hydrogen-bond acceptors (Lipinski definition) is 5. The molecular formula is C17H13N3O4. The Hall–Kier alpha value is -3.35. The van der Waals surface area contributed by atoms with Gasteiger partial charge in [-0.3, -0.25) is 9.59 Å². The first-order valence-electron chi connectivity index (χ1n) is 7.35. The summed E-state index contributed by atoms with van der Waals surface area (Å²) in [5, 5.41) is 8.04. The highest BCUT2D eigenvalue weighted by atomic mass is 16.7. The van der Waals surface area contributed by atoms with Crippen LogP contribution >= 0.6 is 0 Å². The van der Waals surface area contributed by atoms with Crippen molar-refractivity contribution in [1.29, 1.82) is 0 Å². The summed E-state index contributed by atoms with van der Waals surface area (Å²) < 4.78 is 11.6. The van der Waals surface area contributed by atoms with Crippen LogP contribution in [0, 0.1) is 0 Å². The van der Waals surface area contributed by atoms with Gasteiger partial charge in [0.05, 0.1) is 11.6 Å². The molecule has 7 heteroatoms. The van der Waals surface area contributed by atoms with Crippen LogP contribution in [0.5, 0.6) is 11.5 Å². The average Bonchev–Trinajstić information content (AvgIpc) is 3.05. The van der Waals surface area contributed by atoms with Crippen molar-refractivity contribution in [2.24, 2.45) is 0 Å². The van der Waals surface area contributed by atoms with Gasteiger partial charge in [-0.05, 0) is 18.2 Å². The molecule has 0 radical (unpaired) electrons. The van der Waals surface area contributed by atoms with Crippen molar-refractivity contribution in [3.8, 4) is 11.5 Å². The van der Waals surface area contributed by atoms with Gasteiger partial charge < -0.3 is 14.8 Å². The van der Waals surface area contributed by atoms with Crippen LogP contribution in [0.1, 0.15) is 0 Å². The second-order valence-electron chi connectivity index (χ2n) is 5.31. The minimum atomic E-state index is -0.348. The van der Waals surface area contributed by atoms with Crippen LogP contribution in [0.25, 0.3) is 10.8 Å². The Morgan fingerprint density at radius 1 is 1.17 bits per heavy atom. The van der Waals surface area contributed by atoms with Gasteiger partial charge in [-0.15, -0.1) is 0 Å². The summed E-state index contributed by atoms with van der Waals surface area (Å²) in [6.07, 6.45) is 1.57. The van der Waals surface area contributed by atoms with Crippen LogP contribution in [-0.4, -0.2) is 22.5 Å². The van der Waals surface area contributed by atoms with Gasteiger partial charge >= 0.3 is 0 Å². The van der Waals surface area contributed by atoms with E-state index in [2.05, 4.69) is 10.4 Å². The zero-order valence-electron chi connectivity index (χ0n) is 12.6. The van der Waals surface area contributed by atoms with Gasteiger partial charge in [0.1, 0.15) is 6.54 Å². The first-order valence-corrected chi connectivity index (χ1v) is 7.35. The molecule has 120 valence electrons. The zero-order chi connectivity index (χ0) is 16.5. The molecule has 7 nitrogen and oxygen atoms in total. The average molecular weight is 323 g/mol. The summed E-state index contributed by atoms with van der Waals surface area (Å²) >= 11 is 0. The number of carbonyl (C=O) groups is 1. The summed E-state index contributed by atoms with van der Waals surface area (Å²) in [4.78, 5) is 24.5. The first-order chi connectivity index (χ1) is 11.7. The molecule has 0 atom stereocenters. The number of fused-ring (bicyclic) bond motifs is 2. The lowest BCUT2D eigenvalue weighted by Crippen LogP contribution is -2.29. The van der Waals surface area contributed by atoms with Crippen molar-refractivity contribution >= 4 is 22.4 Å². The normalized spacial score (nSPS) is 12.3. The monoisotopic (exact) mass is 323 g/mol. The van der Waals surface area contributed by atoms with Gasteiger partial charge in [0.2, 0.25) is 12.7 Å². The molecule has 0 fully saturated rings. The van der Waals surface area contributed by atoms with Gasteiger partial charge in [-0.25, -0.2) is 4.68 Å². The van der Waals surface area contributed by atoms with E-state index in [-0.39, 0.29) is 24.8 Å². The molecule has 0 saturated heterocycles. The molecule has 1 amide bonds. The number of nitrogens with one attached hydrogen (secondary N) is 1. The van der Waals surface area contributed by atoms with E-state index in [4.69, 9.17) is 9.47 Å². The quantitative estimate of drug-likeness (QED) is 0.794. The molecule has 0 unspecified atom stereocenters. The standard InChI is InChI=1S/C17H13N3O4/c21-16(19-12-5-6-14-15(7-12)24-10-23-14)9-20-17(22)13-4-2-1-3-11(13)8-18-20/h1-8H,9-10H2,(H,19,21). The molecule has 3 aromatic rings. The van der Waals surface area contributed by atoms with Gasteiger partial charge in [-0.2, -0.15) is 5.10 Å². The molecule has 1 N–H and O–H groups in total. The van der Waals surface area contributed by atoms with Crippen molar-refractivity contribution in [1.82, 2.24) is 9.78 Å². The van der Waals surface area contributed by atoms with Gasteiger partial charge in [-0.1, -0.05) is 18.2 Å². The predicted molar refractivity (Wildman–Crippen MR) is 87.2 cm³/mol. The van der Waals surface area contributed by atoms with E-state index in [1.807, 2.05) is 6.07 Å². The fourth-order valence-corrected chi connectivity index (χ4v) is 2.55. The lowest BCUT2D eigenvalue weighted by Gasteiger charge is -2.08. The Kier molecular flexibility index (Phi) is 3.38. The highest BCUT2D eigenvalue weighted by molar-refractivity contribution is 5.91. The Labute approximate surface area is 136 Å². The van der Waals surface area contributed by atoms with Crippen molar-refractivity contribution in [3.05, 3.63) is 59.0 Å². The van der Waals surface area contributed by atoms with Crippen molar-refractivity contribution in [2.75, 3.05) is 12.1 Å². The molecule has 0 bridgehead atoms. The maximum Gasteiger partial charge on any atom is 0.275 e. The van der Waals surface area contributed by atoms with Crippen molar-refractivity contribution < 1.29 is 14.3 Å². The van der Waals surface area contributed by atoms with Gasteiger partial charge in [0.15, 0.2) is 11.5 Å².